The number of nitrogens with zero attached hydrogens (tertiary/aromatic N) is 1. The molecule has 0 aromatic heterocycles. The zero-order valence-corrected chi connectivity index (χ0v) is 13.7. The summed E-state index contributed by atoms with van der Waals surface area (Å²) in [5, 5.41) is 3.37. The molecule has 0 aliphatic carbocycles. The van der Waals surface area contributed by atoms with Crippen molar-refractivity contribution in [2.24, 2.45) is 0 Å². The summed E-state index contributed by atoms with van der Waals surface area (Å²) in [5.41, 5.74) is 2.61. The first-order valence-electron chi connectivity index (χ1n) is 8.08. The van der Waals surface area contributed by atoms with E-state index in [4.69, 9.17) is 0 Å². The van der Waals surface area contributed by atoms with Gasteiger partial charge in [0.05, 0.1) is 0 Å². The van der Waals surface area contributed by atoms with E-state index in [1.807, 2.05) is 4.90 Å². The summed E-state index contributed by atoms with van der Waals surface area (Å²) >= 11 is 0. The van der Waals surface area contributed by atoms with Gasteiger partial charge in [0.25, 0.3) is 0 Å². The maximum atomic E-state index is 12.4. The second kappa shape index (κ2) is 7.08. The van der Waals surface area contributed by atoms with E-state index in [0.717, 1.165) is 19.6 Å². The number of hydrogen-bond donors (Lipinski definition) is 1. The van der Waals surface area contributed by atoms with Crippen LogP contribution in [0.1, 0.15) is 57.1 Å². The third-order valence-electron chi connectivity index (χ3n) is 4.37. The first-order valence-corrected chi connectivity index (χ1v) is 8.08. The second-order valence-electron chi connectivity index (χ2n) is 6.62. The Morgan fingerprint density at radius 2 is 1.86 bits per heavy atom. The van der Waals surface area contributed by atoms with E-state index in [2.05, 4.69) is 57.3 Å². The predicted molar refractivity (Wildman–Crippen MR) is 87.6 cm³/mol. The lowest BCUT2D eigenvalue weighted by Gasteiger charge is -2.32. The molecule has 3 nitrogen and oxygen atoms in total. The predicted octanol–water partition coefficient (Wildman–Crippen LogP) is 3.12. The number of piperazine rings is 1. The third-order valence-corrected chi connectivity index (χ3v) is 4.37. The number of amides is 1. The Balaban J connectivity index is 1.93. The summed E-state index contributed by atoms with van der Waals surface area (Å²) < 4.78 is 0. The highest BCUT2D eigenvalue weighted by molar-refractivity contribution is 5.77. The number of nitrogens with one attached hydrogen (secondary N) is 1. The molecule has 1 aromatic carbocycles. The molecule has 1 aliphatic heterocycles. The van der Waals surface area contributed by atoms with E-state index in [1.165, 1.54) is 11.1 Å². The minimum Gasteiger partial charge on any atom is -0.340 e. The van der Waals surface area contributed by atoms with Gasteiger partial charge in [0.1, 0.15) is 0 Å². The Bertz CT molecular complexity index is 467. The highest BCUT2D eigenvalue weighted by Gasteiger charge is 2.22. The van der Waals surface area contributed by atoms with Crippen LogP contribution in [0.5, 0.6) is 0 Å². The standard InChI is InChI=1S/C18H28N2O/c1-13(2)16-5-7-17(8-6-16)14(3)11-18(21)20-10-9-19-15(4)12-20/h5-8,13-15,19H,9-12H2,1-4H3. The van der Waals surface area contributed by atoms with Crippen molar-refractivity contribution in [2.75, 3.05) is 19.6 Å². The van der Waals surface area contributed by atoms with Gasteiger partial charge in [-0.1, -0.05) is 45.0 Å². The maximum Gasteiger partial charge on any atom is 0.223 e. The molecule has 2 rings (SSSR count). The third kappa shape index (κ3) is 4.31. The lowest BCUT2D eigenvalue weighted by atomic mass is 9.94. The molecule has 1 fully saturated rings. The Kier molecular flexibility index (Phi) is 5.40. The first-order chi connectivity index (χ1) is 9.97. The molecule has 2 unspecified atom stereocenters. The van der Waals surface area contributed by atoms with Crippen LogP contribution in [0, 0.1) is 0 Å². The molecule has 0 bridgehead atoms. The minimum atomic E-state index is 0.281. The SMILES string of the molecule is CC1CN(C(=O)CC(C)c2ccc(C(C)C)cc2)CCN1. The number of hydrogen-bond acceptors (Lipinski definition) is 2. The molecular formula is C18H28N2O. The van der Waals surface area contributed by atoms with E-state index in [9.17, 15) is 4.79 Å². The summed E-state index contributed by atoms with van der Waals surface area (Å²) in [7, 11) is 0. The van der Waals surface area contributed by atoms with E-state index >= 15 is 0 Å². The molecule has 116 valence electrons. The van der Waals surface area contributed by atoms with Crippen LogP contribution >= 0.6 is 0 Å². The summed E-state index contributed by atoms with van der Waals surface area (Å²) in [5.74, 6) is 1.12. The van der Waals surface area contributed by atoms with Gasteiger partial charge in [0, 0.05) is 32.1 Å². The van der Waals surface area contributed by atoms with Crippen molar-refractivity contribution in [2.45, 2.75) is 52.0 Å². The fourth-order valence-corrected chi connectivity index (χ4v) is 2.88. The van der Waals surface area contributed by atoms with Gasteiger partial charge in [-0.3, -0.25) is 4.79 Å². The molecular weight excluding hydrogens is 260 g/mol. The van der Waals surface area contributed by atoms with Gasteiger partial charge in [-0.05, 0) is 29.9 Å². The van der Waals surface area contributed by atoms with Crippen molar-refractivity contribution in [3.8, 4) is 0 Å². The minimum absolute atomic E-state index is 0.281. The van der Waals surface area contributed by atoms with Crippen molar-refractivity contribution in [3.05, 3.63) is 35.4 Å². The van der Waals surface area contributed by atoms with Gasteiger partial charge in [0.2, 0.25) is 5.91 Å². The molecule has 2 atom stereocenters. The van der Waals surface area contributed by atoms with Crippen molar-refractivity contribution >= 4 is 5.91 Å². The van der Waals surface area contributed by atoms with E-state index in [0.29, 0.717) is 18.4 Å². The number of carbonyl (C=O) groups excluding carboxylic acids is 1. The number of benzene rings is 1. The van der Waals surface area contributed by atoms with Gasteiger partial charge in [-0.2, -0.15) is 0 Å². The molecule has 0 spiro atoms. The van der Waals surface area contributed by atoms with E-state index < -0.39 is 0 Å². The molecule has 1 aliphatic rings. The molecule has 0 saturated carbocycles. The van der Waals surface area contributed by atoms with Crippen LogP contribution in [0.15, 0.2) is 24.3 Å². The highest BCUT2D eigenvalue weighted by Crippen LogP contribution is 2.23. The fraction of sp³-hybridized carbons (Fsp3) is 0.611. The topological polar surface area (TPSA) is 32.3 Å². The average molecular weight is 288 g/mol. The first kappa shape index (κ1) is 16.0. The zero-order valence-electron chi connectivity index (χ0n) is 13.7. The van der Waals surface area contributed by atoms with Crippen molar-refractivity contribution < 1.29 is 4.79 Å². The zero-order chi connectivity index (χ0) is 15.4. The molecule has 21 heavy (non-hydrogen) atoms. The molecule has 1 aromatic rings. The largest absolute Gasteiger partial charge is 0.340 e. The number of rotatable bonds is 4. The Hall–Kier alpha value is -1.35. The summed E-state index contributed by atoms with van der Waals surface area (Å²) in [4.78, 5) is 14.4. The average Bonchev–Trinajstić information content (AvgIpc) is 2.47. The van der Waals surface area contributed by atoms with Crippen LogP contribution < -0.4 is 5.32 Å². The lowest BCUT2D eigenvalue weighted by Crippen LogP contribution is -2.51. The highest BCUT2D eigenvalue weighted by atomic mass is 16.2. The van der Waals surface area contributed by atoms with E-state index in [-0.39, 0.29) is 11.8 Å². The van der Waals surface area contributed by atoms with Gasteiger partial charge in [0.15, 0.2) is 0 Å². The molecule has 1 amide bonds. The van der Waals surface area contributed by atoms with Crippen LogP contribution in [0.25, 0.3) is 0 Å². The summed E-state index contributed by atoms with van der Waals surface area (Å²) in [6, 6.07) is 9.13. The van der Waals surface area contributed by atoms with E-state index in [1.54, 1.807) is 0 Å². The molecule has 1 N–H and O–H groups in total. The monoisotopic (exact) mass is 288 g/mol. The van der Waals surface area contributed by atoms with Gasteiger partial charge in [-0.15, -0.1) is 0 Å². The van der Waals surface area contributed by atoms with Crippen molar-refractivity contribution in [3.63, 3.8) is 0 Å². The smallest absolute Gasteiger partial charge is 0.223 e. The Labute approximate surface area is 128 Å². The summed E-state index contributed by atoms with van der Waals surface area (Å²) in [6.45, 7) is 11.3. The van der Waals surface area contributed by atoms with Crippen LogP contribution in [0.4, 0.5) is 0 Å². The molecule has 0 radical (unpaired) electrons. The molecule has 3 heteroatoms. The van der Waals surface area contributed by atoms with Crippen LogP contribution in [-0.4, -0.2) is 36.5 Å². The second-order valence-corrected chi connectivity index (χ2v) is 6.62. The van der Waals surface area contributed by atoms with Crippen molar-refractivity contribution in [1.29, 1.82) is 0 Å². The Morgan fingerprint density at radius 3 is 2.43 bits per heavy atom. The van der Waals surface area contributed by atoms with Crippen LogP contribution in [-0.2, 0) is 4.79 Å². The molecule has 1 heterocycles. The normalized spacial score (nSPS) is 20.6. The molecule has 1 saturated heterocycles. The van der Waals surface area contributed by atoms with Gasteiger partial charge in [-0.25, -0.2) is 0 Å². The fourth-order valence-electron chi connectivity index (χ4n) is 2.88. The van der Waals surface area contributed by atoms with Gasteiger partial charge < -0.3 is 10.2 Å². The quantitative estimate of drug-likeness (QED) is 0.923. The van der Waals surface area contributed by atoms with Crippen LogP contribution in [0.2, 0.25) is 0 Å². The van der Waals surface area contributed by atoms with Gasteiger partial charge >= 0.3 is 0 Å². The Morgan fingerprint density at radius 1 is 1.24 bits per heavy atom. The van der Waals surface area contributed by atoms with Crippen LogP contribution in [0.3, 0.4) is 0 Å². The lowest BCUT2D eigenvalue weighted by molar-refractivity contribution is -0.132. The number of carbonyl (C=O) groups is 1. The maximum absolute atomic E-state index is 12.4. The van der Waals surface area contributed by atoms with Crippen molar-refractivity contribution in [1.82, 2.24) is 10.2 Å². The summed E-state index contributed by atoms with van der Waals surface area (Å²) in [6.07, 6.45) is 0.605.